The highest BCUT2D eigenvalue weighted by Crippen LogP contribution is 2.33. The summed E-state index contributed by atoms with van der Waals surface area (Å²) >= 11 is 19.2. The number of hydrogen-bond acceptors (Lipinski definition) is 9. The summed E-state index contributed by atoms with van der Waals surface area (Å²) in [7, 11) is -4.03. The molecule has 0 heterocycles. The average Bonchev–Trinajstić information content (AvgIpc) is 3.43. The number of nitrogens with zero attached hydrogens (tertiary/aromatic N) is 3. The van der Waals surface area contributed by atoms with Crippen molar-refractivity contribution >= 4 is 96.7 Å². The van der Waals surface area contributed by atoms with Crippen LogP contribution in [0.25, 0.3) is 0 Å². The molecule has 74 heavy (non-hydrogen) atoms. The lowest BCUT2D eigenvalue weighted by molar-refractivity contribution is 0.103. The smallest absolute Gasteiger partial charge is 0.483 e. The van der Waals surface area contributed by atoms with Gasteiger partial charge in [0.2, 0.25) is 0 Å². The zero-order chi connectivity index (χ0) is 51.4. The van der Waals surface area contributed by atoms with Crippen molar-refractivity contribution < 1.29 is 27.7 Å². The first-order chi connectivity index (χ1) is 36.0. The van der Waals surface area contributed by atoms with Crippen molar-refractivity contribution in [2.45, 2.75) is 6.55 Å². The van der Waals surface area contributed by atoms with E-state index in [-0.39, 0.29) is 17.3 Å². The number of ketones is 3. The maximum absolute atomic E-state index is 13.7. The summed E-state index contributed by atoms with van der Waals surface area (Å²) in [6.07, 6.45) is 4.83. The molecule has 0 fully saturated rings. The molecule has 362 valence electrons. The first-order valence-electron chi connectivity index (χ1n) is 23.1. The largest absolute Gasteiger partial charge is 0.696 e. The van der Waals surface area contributed by atoms with Crippen LogP contribution in [0.2, 0.25) is 21.6 Å². The van der Waals surface area contributed by atoms with E-state index in [1.54, 1.807) is 171 Å². The molecule has 0 spiro atoms. The maximum atomic E-state index is 13.7. The van der Waals surface area contributed by atoms with E-state index < -0.39 is 8.80 Å². The molecule has 0 amide bonds. The second-order valence-electron chi connectivity index (χ2n) is 16.6. The van der Waals surface area contributed by atoms with Crippen LogP contribution >= 0.6 is 34.8 Å². The van der Waals surface area contributed by atoms with Crippen molar-refractivity contribution in [3.8, 4) is 17.2 Å². The van der Waals surface area contributed by atoms with Gasteiger partial charge >= 0.3 is 8.80 Å². The molecule has 0 unspecified atom stereocenters. The van der Waals surface area contributed by atoms with Crippen molar-refractivity contribution in [1.29, 1.82) is 0 Å². The van der Waals surface area contributed by atoms with E-state index >= 15 is 0 Å². The van der Waals surface area contributed by atoms with Crippen molar-refractivity contribution in [1.82, 2.24) is 0 Å². The van der Waals surface area contributed by atoms with Crippen molar-refractivity contribution in [2.24, 2.45) is 15.0 Å². The summed E-state index contributed by atoms with van der Waals surface area (Å²) in [5.41, 5.74) is 5.29. The van der Waals surface area contributed by atoms with E-state index in [0.29, 0.717) is 99.4 Å². The minimum atomic E-state index is -4.03. The van der Waals surface area contributed by atoms with Crippen LogP contribution in [0.1, 0.15) is 64.5 Å². The highest BCUT2D eigenvalue weighted by atomic mass is 35.5. The Morgan fingerprint density at radius 2 is 0.622 bits per heavy atom. The van der Waals surface area contributed by atoms with E-state index in [0.717, 1.165) is 0 Å². The molecule has 0 aliphatic carbocycles. The lowest BCUT2D eigenvalue weighted by Crippen LogP contribution is -2.52. The first-order valence-corrected chi connectivity index (χ1v) is 26.5. The average molecular weight is 1050 g/mol. The Morgan fingerprint density at radius 1 is 0.365 bits per heavy atom. The van der Waals surface area contributed by atoms with Gasteiger partial charge in [-0.2, -0.15) is 0 Å². The van der Waals surface area contributed by atoms with E-state index in [2.05, 4.69) is 0 Å². The van der Waals surface area contributed by atoms with Crippen LogP contribution in [0.15, 0.2) is 233 Å². The predicted octanol–water partition coefficient (Wildman–Crippen LogP) is 15.7. The standard InChI is InChI=1S/C61H42Cl3N3O6Si/c1-74(71-56-26-14-11-23-44(56)38-65-53-32-29-47(62)35-50(53)59(68)41-17-5-2-6-18-41,72-57-27-15-12-24-45(57)39-66-54-33-30-48(63)36-51(54)60(69)42-19-7-3-8-20-42)73-58-28-16-13-25-46(58)40-67-55-34-31-49(64)37-52(55)61(70)43-21-9-4-10-22-43/h2-40H,1H3. The van der Waals surface area contributed by atoms with Gasteiger partial charge in [-0.3, -0.25) is 29.4 Å². The number of carbonyl (C=O) groups excluding carboxylic acids is 3. The van der Waals surface area contributed by atoms with Crippen LogP contribution < -0.4 is 13.3 Å². The summed E-state index contributed by atoms with van der Waals surface area (Å²) < 4.78 is 20.9. The number of aliphatic imine (C=N–C) groups is 3. The molecular formula is C61H42Cl3N3O6Si. The third-order valence-electron chi connectivity index (χ3n) is 11.4. The zero-order valence-corrected chi connectivity index (χ0v) is 42.7. The Labute approximate surface area is 444 Å². The lowest BCUT2D eigenvalue weighted by Gasteiger charge is -2.29. The molecule has 0 aromatic heterocycles. The van der Waals surface area contributed by atoms with E-state index in [1.807, 2.05) is 72.8 Å². The highest BCUT2D eigenvalue weighted by molar-refractivity contribution is 6.61. The van der Waals surface area contributed by atoms with Gasteiger partial charge in [-0.05, 0) is 91.0 Å². The Morgan fingerprint density at radius 3 is 0.905 bits per heavy atom. The molecule has 0 saturated carbocycles. The van der Waals surface area contributed by atoms with Crippen LogP contribution in [0, 0.1) is 0 Å². The molecule has 0 aliphatic heterocycles. The van der Waals surface area contributed by atoms with Crippen molar-refractivity contribution in [2.75, 3.05) is 0 Å². The normalized spacial score (nSPS) is 12.2. The quantitative estimate of drug-likeness (QED) is 0.0480. The predicted molar refractivity (Wildman–Crippen MR) is 299 cm³/mol. The molecule has 0 aliphatic rings. The van der Waals surface area contributed by atoms with Gasteiger partial charge in [-0.15, -0.1) is 0 Å². The van der Waals surface area contributed by atoms with Gasteiger partial charge in [0.15, 0.2) is 17.3 Å². The molecule has 0 atom stereocenters. The molecule has 0 bridgehead atoms. The number of halogens is 3. The molecule has 9 aromatic carbocycles. The van der Waals surface area contributed by atoms with Crippen molar-refractivity contribution in [3.63, 3.8) is 0 Å². The van der Waals surface area contributed by atoms with Crippen LogP contribution in [-0.4, -0.2) is 44.8 Å². The molecule has 13 heteroatoms. The van der Waals surface area contributed by atoms with Gasteiger partial charge in [-0.25, -0.2) is 0 Å². The van der Waals surface area contributed by atoms with Gasteiger partial charge in [-0.1, -0.05) is 162 Å². The zero-order valence-electron chi connectivity index (χ0n) is 39.4. The van der Waals surface area contributed by atoms with E-state index in [4.69, 9.17) is 63.1 Å². The third-order valence-corrected chi connectivity index (χ3v) is 13.9. The minimum Gasteiger partial charge on any atom is -0.483 e. The second kappa shape index (κ2) is 23.4. The van der Waals surface area contributed by atoms with Crippen LogP contribution in [-0.2, 0) is 0 Å². The van der Waals surface area contributed by atoms with Crippen molar-refractivity contribution in [3.05, 3.63) is 284 Å². The fourth-order valence-corrected chi connectivity index (χ4v) is 10.2. The van der Waals surface area contributed by atoms with Crippen LogP contribution in [0.3, 0.4) is 0 Å². The third kappa shape index (κ3) is 12.4. The summed E-state index contributed by atoms with van der Waals surface area (Å²) in [5.74, 6) is 0.387. The monoisotopic (exact) mass is 1050 g/mol. The van der Waals surface area contributed by atoms with Gasteiger partial charge in [0, 0.05) is 90.3 Å². The fourth-order valence-electron chi connectivity index (χ4n) is 7.76. The Kier molecular flexibility index (Phi) is 15.9. The summed E-state index contributed by atoms with van der Waals surface area (Å²) in [6, 6.07) is 63.4. The molecular weight excluding hydrogens is 1010 g/mol. The van der Waals surface area contributed by atoms with Gasteiger partial charge in [0.25, 0.3) is 0 Å². The Balaban J connectivity index is 1.09. The maximum Gasteiger partial charge on any atom is 0.696 e. The summed E-state index contributed by atoms with van der Waals surface area (Å²) in [4.78, 5) is 55.6. The van der Waals surface area contributed by atoms with Crippen LogP contribution in [0.4, 0.5) is 17.1 Å². The molecule has 0 radical (unpaired) electrons. The number of hydrogen-bond donors (Lipinski definition) is 0. The highest BCUT2D eigenvalue weighted by Gasteiger charge is 2.44. The molecule has 9 rings (SSSR count). The Hall–Kier alpha value is -8.51. The molecule has 9 nitrogen and oxygen atoms in total. The minimum absolute atomic E-state index is 0.235. The van der Waals surface area contributed by atoms with Crippen LogP contribution in [0.5, 0.6) is 17.2 Å². The van der Waals surface area contributed by atoms with Gasteiger partial charge in [0.05, 0.1) is 17.1 Å². The SMILES string of the molecule is C[Si](Oc1ccccc1C=Nc1ccc(Cl)cc1C(=O)c1ccccc1)(Oc1ccccc1C=Nc1ccc(Cl)cc1C(=O)c1ccccc1)Oc1ccccc1C=Nc1ccc(Cl)cc1C(=O)c1ccccc1. The van der Waals surface area contributed by atoms with E-state index in [1.165, 1.54) is 0 Å². The number of para-hydroxylation sites is 3. The number of rotatable bonds is 18. The Bertz CT molecular complexity index is 3240. The fraction of sp³-hybridized carbons (Fsp3) is 0.0164. The molecule has 9 aromatic rings. The van der Waals surface area contributed by atoms with Gasteiger partial charge < -0.3 is 13.3 Å². The summed E-state index contributed by atoms with van der Waals surface area (Å²) in [5, 5.41) is 1.17. The number of carbonyl (C=O) groups is 3. The topological polar surface area (TPSA) is 116 Å². The summed E-state index contributed by atoms with van der Waals surface area (Å²) in [6.45, 7) is 1.75. The second-order valence-corrected chi connectivity index (χ2v) is 20.3. The molecule has 0 saturated heterocycles. The number of benzene rings is 9. The first kappa shape index (κ1) is 50.4. The molecule has 0 N–H and O–H groups in total. The van der Waals surface area contributed by atoms with E-state index in [9.17, 15) is 14.4 Å². The lowest BCUT2D eigenvalue weighted by atomic mass is 10.0. The van der Waals surface area contributed by atoms with Gasteiger partial charge in [0.1, 0.15) is 17.2 Å².